The molecule has 2 atom stereocenters. The summed E-state index contributed by atoms with van der Waals surface area (Å²) in [5.74, 6) is 0.461. The Morgan fingerprint density at radius 2 is 1.87 bits per heavy atom. The minimum absolute atomic E-state index is 0.255. The highest BCUT2D eigenvalue weighted by Gasteiger charge is 2.31. The van der Waals surface area contributed by atoms with Gasteiger partial charge in [-0.15, -0.1) is 0 Å². The average molecular weight is 327 g/mol. The number of benzene rings is 1. The molecular formula is C16H20F3N3O. The number of rotatable bonds is 2. The van der Waals surface area contributed by atoms with E-state index >= 15 is 0 Å². The third-order valence-corrected chi connectivity index (χ3v) is 4.55. The fraction of sp³-hybridized carbons (Fsp3) is 0.562. The molecule has 0 bridgehead atoms. The second kappa shape index (κ2) is 5.79. The number of halogens is 3. The number of likely N-dealkylation sites (N-methyl/N-ethyl adjacent to an activating group) is 1. The minimum atomic E-state index is -4.37. The molecule has 0 N–H and O–H groups in total. The van der Waals surface area contributed by atoms with E-state index in [0.29, 0.717) is 30.1 Å². The maximum absolute atomic E-state index is 12.7. The zero-order valence-electron chi connectivity index (χ0n) is 13.4. The van der Waals surface area contributed by atoms with Crippen molar-refractivity contribution in [3.63, 3.8) is 0 Å². The normalized spacial score (nSPS) is 24.4. The number of piperazine rings is 1. The molecule has 1 aromatic carbocycles. The lowest BCUT2D eigenvalue weighted by molar-refractivity contribution is -0.137. The lowest BCUT2D eigenvalue weighted by Crippen LogP contribution is -2.54. The van der Waals surface area contributed by atoms with E-state index in [1.165, 1.54) is 6.07 Å². The average Bonchev–Trinajstić information content (AvgIpc) is 2.84. The SMILES string of the molecule is C[C@@H]1CN(Cc2nc3cc(C(F)(F)F)ccc3o2)C[C@H](C)N1C. The predicted molar refractivity (Wildman–Crippen MR) is 81.0 cm³/mol. The Bertz CT molecular complexity index is 685. The molecule has 4 nitrogen and oxygen atoms in total. The van der Waals surface area contributed by atoms with Gasteiger partial charge in [0.2, 0.25) is 5.89 Å². The van der Waals surface area contributed by atoms with Crippen LogP contribution in [-0.2, 0) is 12.7 Å². The van der Waals surface area contributed by atoms with Gasteiger partial charge in [0.25, 0.3) is 0 Å². The Kier molecular flexibility index (Phi) is 4.10. The van der Waals surface area contributed by atoms with Crippen molar-refractivity contribution >= 4 is 11.1 Å². The highest BCUT2D eigenvalue weighted by Crippen LogP contribution is 2.31. The lowest BCUT2D eigenvalue weighted by Gasteiger charge is -2.41. The smallest absolute Gasteiger partial charge is 0.416 e. The Morgan fingerprint density at radius 3 is 2.48 bits per heavy atom. The summed E-state index contributed by atoms with van der Waals surface area (Å²) in [5.41, 5.74) is -0.0556. The van der Waals surface area contributed by atoms with Crippen LogP contribution in [0.5, 0.6) is 0 Å². The molecule has 2 aromatic rings. The summed E-state index contributed by atoms with van der Waals surface area (Å²) in [6.07, 6.45) is -4.37. The molecule has 0 saturated carbocycles. The molecule has 126 valence electrons. The zero-order valence-corrected chi connectivity index (χ0v) is 13.4. The van der Waals surface area contributed by atoms with Gasteiger partial charge in [0, 0.05) is 25.2 Å². The molecule has 7 heteroatoms. The minimum Gasteiger partial charge on any atom is -0.439 e. The first kappa shape index (κ1) is 16.3. The predicted octanol–water partition coefficient (Wildman–Crippen LogP) is 3.37. The van der Waals surface area contributed by atoms with E-state index in [4.69, 9.17) is 4.42 Å². The number of nitrogens with zero attached hydrogens (tertiary/aromatic N) is 3. The third kappa shape index (κ3) is 3.35. The summed E-state index contributed by atoms with van der Waals surface area (Å²) >= 11 is 0. The van der Waals surface area contributed by atoms with Gasteiger partial charge in [-0.25, -0.2) is 4.98 Å². The second-order valence-electron chi connectivity index (χ2n) is 6.35. The topological polar surface area (TPSA) is 32.5 Å². The molecule has 0 aliphatic carbocycles. The Morgan fingerprint density at radius 1 is 1.22 bits per heavy atom. The number of alkyl halides is 3. The number of fused-ring (bicyclic) bond motifs is 1. The molecule has 1 saturated heterocycles. The van der Waals surface area contributed by atoms with Crippen molar-refractivity contribution in [3.05, 3.63) is 29.7 Å². The van der Waals surface area contributed by atoms with Crippen LogP contribution >= 0.6 is 0 Å². The van der Waals surface area contributed by atoms with Crippen LogP contribution in [0.4, 0.5) is 13.2 Å². The number of hydrogen-bond acceptors (Lipinski definition) is 4. The Labute approximate surface area is 132 Å². The van der Waals surface area contributed by atoms with Crippen LogP contribution in [0.3, 0.4) is 0 Å². The van der Waals surface area contributed by atoms with Crippen LogP contribution < -0.4 is 0 Å². The van der Waals surface area contributed by atoms with Crippen molar-refractivity contribution in [2.45, 2.75) is 38.7 Å². The number of hydrogen-bond donors (Lipinski definition) is 0. The van der Waals surface area contributed by atoms with Gasteiger partial charge in [-0.2, -0.15) is 13.2 Å². The third-order valence-electron chi connectivity index (χ3n) is 4.55. The van der Waals surface area contributed by atoms with Gasteiger partial charge in [0.05, 0.1) is 12.1 Å². The van der Waals surface area contributed by atoms with Crippen molar-refractivity contribution in [1.29, 1.82) is 0 Å². The van der Waals surface area contributed by atoms with E-state index in [9.17, 15) is 13.2 Å². The summed E-state index contributed by atoms with van der Waals surface area (Å²) in [4.78, 5) is 8.77. The fourth-order valence-electron chi connectivity index (χ4n) is 3.05. The van der Waals surface area contributed by atoms with Gasteiger partial charge >= 0.3 is 6.18 Å². The standard InChI is InChI=1S/C16H20F3N3O/c1-10-7-22(8-11(2)21(10)3)9-15-20-13-6-12(16(17,18)19)4-5-14(13)23-15/h4-6,10-11H,7-9H2,1-3H3/t10-,11+. The van der Waals surface area contributed by atoms with Gasteiger partial charge in [0.15, 0.2) is 5.58 Å². The fourth-order valence-corrected chi connectivity index (χ4v) is 3.05. The molecule has 1 aromatic heterocycles. The molecule has 1 aliphatic heterocycles. The molecule has 1 fully saturated rings. The van der Waals surface area contributed by atoms with Crippen molar-refractivity contribution in [2.75, 3.05) is 20.1 Å². The van der Waals surface area contributed by atoms with Gasteiger partial charge in [-0.3, -0.25) is 9.80 Å². The maximum atomic E-state index is 12.7. The highest BCUT2D eigenvalue weighted by atomic mass is 19.4. The molecule has 0 unspecified atom stereocenters. The zero-order chi connectivity index (χ0) is 16.8. The maximum Gasteiger partial charge on any atom is 0.416 e. The first-order chi connectivity index (χ1) is 10.7. The summed E-state index contributed by atoms with van der Waals surface area (Å²) in [7, 11) is 2.10. The molecule has 0 spiro atoms. The van der Waals surface area contributed by atoms with Gasteiger partial charge in [0.1, 0.15) is 5.52 Å². The summed E-state index contributed by atoms with van der Waals surface area (Å²) in [6.45, 7) is 6.59. The first-order valence-corrected chi connectivity index (χ1v) is 7.65. The molecule has 0 amide bonds. The van der Waals surface area contributed by atoms with E-state index in [1.807, 2.05) is 0 Å². The van der Waals surface area contributed by atoms with Crippen LogP contribution in [0, 0.1) is 0 Å². The Hall–Kier alpha value is -1.60. The monoisotopic (exact) mass is 327 g/mol. The number of oxazole rings is 1. The van der Waals surface area contributed by atoms with Crippen molar-refractivity contribution in [1.82, 2.24) is 14.8 Å². The van der Waals surface area contributed by atoms with Crippen molar-refractivity contribution < 1.29 is 17.6 Å². The molecule has 3 rings (SSSR count). The number of aromatic nitrogens is 1. The summed E-state index contributed by atoms with van der Waals surface area (Å²) in [6, 6.07) is 4.23. The lowest BCUT2D eigenvalue weighted by atomic mass is 10.1. The van der Waals surface area contributed by atoms with Gasteiger partial charge in [-0.05, 0) is 39.1 Å². The summed E-state index contributed by atoms with van der Waals surface area (Å²) < 4.78 is 43.8. The summed E-state index contributed by atoms with van der Waals surface area (Å²) in [5, 5.41) is 0. The van der Waals surface area contributed by atoms with Crippen LogP contribution in [0.2, 0.25) is 0 Å². The van der Waals surface area contributed by atoms with Crippen LogP contribution in [0.25, 0.3) is 11.1 Å². The quantitative estimate of drug-likeness (QED) is 0.847. The molecule has 0 radical (unpaired) electrons. The van der Waals surface area contributed by atoms with E-state index in [2.05, 4.69) is 35.7 Å². The van der Waals surface area contributed by atoms with Crippen LogP contribution in [0.15, 0.2) is 22.6 Å². The molecular weight excluding hydrogens is 307 g/mol. The van der Waals surface area contributed by atoms with E-state index in [-0.39, 0.29) is 5.52 Å². The largest absolute Gasteiger partial charge is 0.439 e. The first-order valence-electron chi connectivity index (χ1n) is 7.65. The molecule has 23 heavy (non-hydrogen) atoms. The van der Waals surface area contributed by atoms with Crippen molar-refractivity contribution in [3.8, 4) is 0 Å². The molecule has 1 aliphatic rings. The van der Waals surface area contributed by atoms with Gasteiger partial charge < -0.3 is 4.42 Å². The van der Waals surface area contributed by atoms with E-state index in [0.717, 1.165) is 25.2 Å². The Balaban J connectivity index is 1.79. The van der Waals surface area contributed by atoms with Gasteiger partial charge in [-0.1, -0.05) is 0 Å². The highest BCUT2D eigenvalue weighted by molar-refractivity contribution is 5.73. The second-order valence-corrected chi connectivity index (χ2v) is 6.35. The molecule has 2 heterocycles. The van der Waals surface area contributed by atoms with Crippen molar-refractivity contribution in [2.24, 2.45) is 0 Å². The van der Waals surface area contributed by atoms with E-state index in [1.54, 1.807) is 0 Å². The van der Waals surface area contributed by atoms with Crippen LogP contribution in [0.1, 0.15) is 25.3 Å². The van der Waals surface area contributed by atoms with Crippen LogP contribution in [-0.4, -0.2) is 47.0 Å². The van der Waals surface area contributed by atoms with E-state index < -0.39 is 11.7 Å².